The van der Waals surface area contributed by atoms with Crippen molar-refractivity contribution in [2.24, 2.45) is 0 Å². The Hall–Kier alpha value is -3.77. The van der Waals surface area contributed by atoms with E-state index in [0.29, 0.717) is 23.2 Å². The molecule has 0 unspecified atom stereocenters. The summed E-state index contributed by atoms with van der Waals surface area (Å²) < 4.78 is 36.8. The monoisotopic (exact) mass is 512 g/mol. The van der Waals surface area contributed by atoms with E-state index in [1.165, 1.54) is 18.2 Å². The first kappa shape index (κ1) is 25.3. The molecule has 3 aromatic rings. The van der Waals surface area contributed by atoms with Crippen LogP contribution >= 0.6 is 11.6 Å². The molecule has 1 aliphatic carbocycles. The third-order valence-electron chi connectivity index (χ3n) is 6.01. The number of nitrogens with zero attached hydrogens (tertiary/aromatic N) is 3. The van der Waals surface area contributed by atoms with Crippen LogP contribution in [0.3, 0.4) is 0 Å². The molecule has 0 amide bonds. The normalized spacial score (nSPS) is 13.3. The summed E-state index contributed by atoms with van der Waals surface area (Å²) in [6.07, 6.45) is 3.37. The van der Waals surface area contributed by atoms with Crippen LogP contribution in [0, 0.1) is 11.3 Å². The lowest BCUT2D eigenvalue weighted by Crippen LogP contribution is -2.29. The van der Waals surface area contributed by atoms with Gasteiger partial charge in [-0.2, -0.15) is 14.0 Å². The van der Waals surface area contributed by atoms with Crippen molar-refractivity contribution >= 4 is 11.6 Å². The van der Waals surface area contributed by atoms with Crippen LogP contribution in [0.4, 0.5) is 8.78 Å². The Bertz CT molecular complexity index is 1520. The SMILES string of the molecule is C=C(C)C(F)(F)c1ncn(Cc2cc(C3CC3)c(=O)[nH]c2CC)c(=O)c1Oc1cc(Cl)cc(C#N)c1. The lowest BCUT2D eigenvalue weighted by molar-refractivity contribution is 0.0309. The highest BCUT2D eigenvalue weighted by Gasteiger charge is 2.39. The third kappa shape index (κ3) is 4.95. The maximum absolute atomic E-state index is 15.0. The number of benzene rings is 1. The molecule has 36 heavy (non-hydrogen) atoms. The van der Waals surface area contributed by atoms with E-state index >= 15 is 8.78 Å². The predicted octanol–water partition coefficient (Wildman–Crippen LogP) is 5.40. The van der Waals surface area contributed by atoms with Crippen LogP contribution in [0.2, 0.25) is 5.02 Å². The number of nitriles is 1. The summed E-state index contributed by atoms with van der Waals surface area (Å²) in [6.45, 7) is 6.30. The van der Waals surface area contributed by atoms with E-state index in [4.69, 9.17) is 16.3 Å². The molecular formula is C26H23ClF2N4O3. The standard InChI is InChI=1S/C26H23ClF2N4O3/c1-4-21-17(9-20(16-5-6-16)24(34)32-21)12-33-13-31-23(26(28,29)14(2)3)22(25(33)35)36-19-8-15(11-30)7-18(27)10-19/h7-10,13,16H,2,4-6,12H2,1,3H3,(H,32,34). The van der Waals surface area contributed by atoms with Crippen LogP contribution in [-0.2, 0) is 18.9 Å². The zero-order valence-corrected chi connectivity index (χ0v) is 20.5. The molecule has 0 aliphatic heterocycles. The molecule has 10 heteroatoms. The summed E-state index contributed by atoms with van der Waals surface area (Å²) in [4.78, 5) is 32.7. The summed E-state index contributed by atoms with van der Waals surface area (Å²) in [5.74, 6) is -4.25. The molecule has 0 spiro atoms. The van der Waals surface area contributed by atoms with E-state index in [0.717, 1.165) is 30.7 Å². The second kappa shape index (κ2) is 9.70. The van der Waals surface area contributed by atoms with Gasteiger partial charge in [0.15, 0.2) is 5.69 Å². The van der Waals surface area contributed by atoms with Crippen molar-refractivity contribution in [3.63, 3.8) is 0 Å². The Morgan fingerprint density at radius 1 is 1.33 bits per heavy atom. The van der Waals surface area contributed by atoms with Crippen molar-refractivity contribution in [1.29, 1.82) is 5.26 Å². The van der Waals surface area contributed by atoms with Crippen molar-refractivity contribution in [3.8, 4) is 17.6 Å². The average Bonchev–Trinajstić information content (AvgIpc) is 3.67. The Morgan fingerprint density at radius 2 is 2.06 bits per heavy atom. The van der Waals surface area contributed by atoms with Crippen LogP contribution in [0.1, 0.15) is 60.7 Å². The van der Waals surface area contributed by atoms with Gasteiger partial charge in [0.25, 0.3) is 11.1 Å². The molecule has 1 fully saturated rings. The first-order valence-corrected chi connectivity index (χ1v) is 11.7. The fourth-order valence-corrected chi connectivity index (χ4v) is 4.10. The highest BCUT2D eigenvalue weighted by molar-refractivity contribution is 6.30. The van der Waals surface area contributed by atoms with Gasteiger partial charge in [-0.1, -0.05) is 25.1 Å². The first-order chi connectivity index (χ1) is 17.0. The fraction of sp³-hybridized carbons (Fsp3) is 0.308. The van der Waals surface area contributed by atoms with Crippen molar-refractivity contribution in [1.82, 2.24) is 14.5 Å². The molecule has 7 nitrogen and oxygen atoms in total. The number of halogens is 3. The van der Waals surface area contributed by atoms with Gasteiger partial charge in [0, 0.05) is 16.3 Å². The Balaban J connectivity index is 1.84. The predicted molar refractivity (Wildman–Crippen MR) is 131 cm³/mol. The maximum Gasteiger partial charge on any atom is 0.314 e. The number of ether oxygens (including phenoxy) is 1. The zero-order chi connectivity index (χ0) is 26.2. The zero-order valence-electron chi connectivity index (χ0n) is 19.7. The van der Waals surface area contributed by atoms with E-state index in [1.807, 2.05) is 13.0 Å². The number of allylic oxidation sites excluding steroid dienone is 1. The Labute approximate surface area is 210 Å². The van der Waals surface area contributed by atoms with E-state index in [2.05, 4.69) is 16.5 Å². The molecule has 0 saturated heterocycles. The van der Waals surface area contributed by atoms with Gasteiger partial charge in [-0.25, -0.2) is 4.98 Å². The van der Waals surface area contributed by atoms with Gasteiger partial charge >= 0.3 is 5.92 Å². The molecule has 0 bridgehead atoms. The highest BCUT2D eigenvalue weighted by Crippen LogP contribution is 2.40. The van der Waals surface area contributed by atoms with E-state index in [-0.39, 0.29) is 34.4 Å². The minimum absolute atomic E-state index is 0.0141. The molecule has 0 atom stereocenters. The molecule has 2 aromatic heterocycles. The number of aromatic nitrogens is 3. The minimum atomic E-state index is -3.66. The summed E-state index contributed by atoms with van der Waals surface area (Å²) >= 11 is 6.02. The molecule has 1 aromatic carbocycles. The van der Waals surface area contributed by atoms with Crippen LogP contribution in [0.25, 0.3) is 0 Å². The molecule has 4 rings (SSSR count). The molecule has 186 valence electrons. The molecule has 1 saturated carbocycles. The van der Waals surface area contributed by atoms with Crippen LogP contribution in [-0.4, -0.2) is 14.5 Å². The number of pyridine rings is 1. The van der Waals surface area contributed by atoms with Gasteiger partial charge < -0.3 is 9.72 Å². The summed E-state index contributed by atoms with van der Waals surface area (Å²) in [6, 6.07) is 7.63. The number of aryl methyl sites for hydroxylation is 1. The largest absolute Gasteiger partial charge is 0.449 e. The molecular weight excluding hydrogens is 490 g/mol. The Kier molecular flexibility index (Phi) is 6.83. The van der Waals surface area contributed by atoms with Crippen molar-refractivity contribution in [2.45, 2.75) is 51.5 Å². The number of alkyl halides is 2. The van der Waals surface area contributed by atoms with Crippen molar-refractivity contribution < 1.29 is 13.5 Å². The maximum atomic E-state index is 15.0. The van der Waals surface area contributed by atoms with Crippen LogP contribution < -0.4 is 15.9 Å². The van der Waals surface area contributed by atoms with E-state index in [9.17, 15) is 14.9 Å². The number of hydrogen-bond donors (Lipinski definition) is 1. The number of nitrogens with one attached hydrogen (secondary N) is 1. The van der Waals surface area contributed by atoms with E-state index < -0.39 is 28.5 Å². The quantitative estimate of drug-likeness (QED) is 0.407. The third-order valence-corrected chi connectivity index (χ3v) is 6.22. The summed E-state index contributed by atoms with van der Waals surface area (Å²) in [5.41, 5.74) is -0.337. The minimum Gasteiger partial charge on any atom is -0.449 e. The Morgan fingerprint density at radius 3 is 2.67 bits per heavy atom. The molecule has 2 heterocycles. The lowest BCUT2D eigenvalue weighted by atomic mass is 10.1. The number of H-pyrrole nitrogens is 1. The van der Waals surface area contributed by atoms with Crippen molar-refractivity contribution in [2.75, 3.05) is 0 Å². The smallest absolute Gasteiger partial charge is 0.314 e. The molecule has 0 radical (unpaired) electrons. The number of rotatable bonds is 8. The van der Waals surface area contributed by atoms with Crippen LogP contribution in [0.5, 0.6) is 11.5 Å². The second-order valence-corrected chi connectivity index (χ2v) is 9.22. The highest BCUT2D eigenvalue weighted by atomic mass is 35.5. The summed E-state index contributed by atoms with van der Waals surface area (Å²) in [5, 5.41) is 9.34. The summed E-state index contributed by atoms with van der Waals surface area (Å²) in [7, 11) is 0. The van der Waals surface area contributed by atoms with Gasteiger partial charge in [0.1, 0.15) is 5.75 Å². The van der Waals surface area contributed by atoms with Gasteiger partial charge in [0.2, 0.25) is 5.75 Å². The second-order valence-electron chi connectivity index (χ2n) is 8.78. The van der Waals surface area contributed by atoms with Gasteiger partial charge in [-0.05, 0) is 67.5 Å². The topological polar surface area (TPSA) is 101 Å². The molecule has 1 N–H and O–H groups in total. The lowest BCUT2D eigenvalue weighted by Gasteiger charge is -2.20. The number of hydrogen-bond acceptors (Lipinski definition) is 5. The van der Waals surface area contributed by atoms with E-state index in [1.54, 1.807) is 6.07 Å². The van der Waals surface area contributed by atoms with Crippen LogP contribution in [0.15, 0.2) is 52.3 Å². The number of aromatic amines is 1. The van der Waals surface area contributed by atoms with Crippen molar-refractivity contribution in [3.05, 3.63) is 96.6 Å². The molecule has 1 aliphatic rings. The van der Waals surface area contributed by atoms with Gasteiger partial charge in [-0.15, -0.1) is 0 Å². The fourth-order valence-electron chi connectivity index (χ4n) is 3.87. The first-order valence-electron chi connectivity index (χ1n) is 11.3. The average molecular weight is 513 g/mol. The van der Waals surface area contributed by atoms with Gasteiger partial charge in [0.05, 0.1) is 24.5 Å². The van der Waals surface area contributed by atoms with Gasteiger partial charge in [-0.3, -0.25) is 14.2 Å².